The first-order valence-corrected chi connectivity index (χ1v) is 12.0. The molecule has 0 bridgehead atoms. The van der Waals surface area contributed by atoms with Gasteiger partial charge in [0.2, 0.25) is 5.91 Å². The van der Waals surface area contributed by atoms with Crippen LogP contribution in [0.4, 0.5) is 0 Å². The van der Waals surface area contributed by atoms with Crippen LogP contribution in [0.2, 0.25) is 0 Å². The fourth-order valence-electron chi connectivity index (χ4n) is 2.34. The first kappa shape index (κ1) is 21.1. The van der Waals surface area contributed by atoms with Crippen LogP contribution in [0.15, 0.2) is 58.3 Å². The van der Waals surface area contributed by atoms with Gasteiger partial charge >= 0.3 is 0 Å². The average Bonchev–Trinajstić information content (AvgIpc) is 2.62. The van der Waals surface area contributed by atoms with Crippen molar-refractivity contribution in [1.29, 1.82) is 0 Å². The van der Waals surface area contributed by atoms with E-state index in [9.17, 15) is 13.9 Å². The quantitative estimate of drug-likeness (QED) is 0.644. The van der Waals surface area contributed by atoms with Crippen LogP contribution in [0.5, 0.6) is 0 Å². The van der Waals surface area contributed by atoms with Gasteiger partial charge in [-0.25, -0.2) is 0 Å². The third kappa shape index (κ3) is 5.67. The molecule has 0 fully saturated rings. The highest BCUT2D eigenvalue weighted by atomic mass is 32.2. The number of carbonyl (C=O) groups is 1. The lowest BCUT2D eigenvalue weighted by Crippen LogP contribution is -2.38. The van der Waals surface area contributed by atoms with Crippen molar-refractivity contribution in [2.75, 3.05) is 18.3 Å². The second-order valence-corrected chi connectivity index (χ2v) is 9.67. The summed E-state index contributed by atoms with van der Waals surface area (Å²) in [6.07, 6.45) is 3.27. The third-order valence-electron chi connectivity index (χ3n) is 3.84. The maximum Gasteiger partial charge on any atom is 0.235 e. The van der Waals surface area contributed by atoms with Crippen LogP contribution in [0.25, 0.3) is 0 Å². The van der Waals surface area contributed by atoms with Gasteiger partial charge in [0.25, 0.3) is 0 Å². The molecule has 5 nitrogen and oxygen atoms in total. The van der Waals surface area contributed by atoms with Crippen molar-refractivity contribution in [3.05, 3.63) is 59.7 Å². The summed E-state index contributed by atoms with van der Waals surface area (Å²) in [5.41, 5.74) is 13.0. The fourth-order valence-corrected chi connectivity index (χ4v) is 4.64. The lowest BCUT2D eigenvalue weighted by Gasteiger charge is -2.20. The summed E-state index contributed by atoms with van der Waals surface area (Å²) in [6.45, 7) is 0. The Bertz CT molecular complexity index is 670. The van der Waals surface area contributed by atoms with Crippen LogP contribution in [-0.2, 0) is 27.1 Å². The van der Waals surface area contributed by atoms with Crippen LogP contribution in [0.1, 0.15) is 16.4 Å². The normalized spacial score (nSPS) is 15.9. The summed E-state index contributed by atoms with van der Waals surface area (Å²) in [6, 6.07) is 14.3. The molecule has 140 valence electrons. The number of rotatable bonds is 8. The van der Waals surface area contributed by atoms with Crippen LogP contribution >= 0.6 is 11.8 Å². The van der Waals surface area contributed by atoms with Crippen LogP contribution in [0.3, 0.4) is 0 Å². The number of primary amides is 1. The molecule has 8 heteroatoms. The first-order chi connectivity index (χ1) is 12.3. The molecule has 2 aromatic carbocycles. The maximum atomic E-state index is 11.6. The third-order valence-corrected chi connectivity index (χ3v) is 7.14. The van der Waals surface area contributed by atoms with E-state index in [1.165, 1.54) is 11.8 Å². The summed E-state index contributed by atoms with van der Waals surface area (Å²) < 4.78 is 23.2. The van der Waals surface area contributed by atoms with Crippen LogP contribution < -0.4 is 11.5 Å². The van der Waals surface area contributed by atoms with Gasteiger partial charge in [0, 0.05) is 5.75 Å². The number of amides is 1. The second-order valence-electron chi connectivity index (χ2n) is 5.77. The molecule has 0 saturated carbocycles. The van der Waals surface area contributed by atoms with E-state index in [0.717, 1.165) is 20.9 Å². The van der Waals surface area contributed by atoms with E-state index >= 15 is 0 Å². The minimum atomic E-state index is -1.04. The lowest BCUT2D eigenvalue weighted by molar-refractivity contribution is -0.118. The van der Waals surface area contributed by atoms with Gasteiger partial charge in [0.05, 0.1) is 11.3 Å². The Morgan fingerprint density at radius 3 is 1.65 bits per heavy atom. The highest BCUT2D eigenvalue weighted by Crippen LogP contribution is 2.36. The van der Waals surface area contributed by atoms with E-state index in [-0.39, 0.29) is 5.25 Å². The zero-order valence-electron chi connectivity index (χ0n) is 14.6. The molecule has 4 N–H and O–H groups in total. The SMILES string of the molecule is C[S+]([O-])c1ccc(C(SC[C@H](N)C(N)=O)c2ccc([S+](C)[O-])cc2)cc1. The molecule has 0 aromatic heterocycles. The first-order valence-electron chi connectivity index (χ1n) is 7.83. The lowest BCUT2D eigenvalue weighted by atomic mass is 10.0. The van der Waals surface area contributed by atoms with Crippen LogP contribution in [-0.4, -0.2) is 39.3 Å². The molecular weight excluding hydrogens is 388 g/mol. The van der Waals surface area contributed by atoms with Gasteiger partial charge in [0.1, 0.15) is 12.5 Å². The molecule has 0 aliphatic rings. The van der Waals surface area contributed by atoms with E-state index < -0.39 is 34.3 Å². The molecule has 0 saturated heterocycles. The molecule has 0 aliphatic carbocycles. The minimum absolute atomic E-state index is 0.0703. The zero-order valence-corrected chi connectivity index (χ0v) is 17.0. The number of carbonyl (C=O) groups excluding carboxylic acids is 1. The van der Waals surface area contributed by atoms with Gasteiger partial charge in [-0.05, 0) is 57.7 Å². The van der Waals surface area contributed by atoms with Gasteiger partial charge in [-0.3, -0.25) is 4.79 Å². The van der Waals surface area contributed by atoms with E-state index in [1.54, 1.807) is 12.5 Å². The molecule has 2 unspecified atom stereocenters. The maximum absolute atomic E-state index is 11.6. The minimum Gasteiger partial charge on any atom is -0.612 e. The largest absolute Gasteiger partial charge is 0.612 e. The van der Waals surface area contributed by atoms with Crippen molar-refractivity contribution in [3.63, 3.8) is 0 Å². The zero-order chi connectivity index (χ0) is 19.3. The van der Waals surface area contributed by atoms with Gasteiger partial charge in [0.15, 0.2) is 9.79 Å². The van der Waals surface area contributed by atoms with Crippen molar-refractivity contribution in [2.45, 2.75) is 21.1 Å². The summed E-state index contributed by atoms with van der Waals surface area (Å²) in [5, 5.41) is -0.0703. The van der Waals surface area contributed by atoms with E-state index in [1.807, 2.05) is 48.5 Å². The van der Waals surface area contributed by atoms with Crippen molar-refractivity contribution in [1.82, 2.24) is 0 Å². The monoisotopic (exact) mass is 410 g/mol. The highest BCUT2D eigenvalue weighted by Gasteiger charge is 2.20. The number of hydrogen-bond acceptors (Lipinski definition) is 5. The Kier molecular flexibility index (Phi) is 7.87. The van der Waals surface area contributed by atoms with Gasteiger partial charge < -0.3 is 20.6 Å². The molecule has 0 heterocycles. The smallest absolute Gasteiger partial charge is 0.235 e. The topological polar surface area (TPSA) is 115 Å². The van der Waals surface area contributed by atoms with Gasteiger partial charge in [-0.15, -0.1) is 11.8 Å². The summed E-state index contributed by atoms with van der Waals surface area (Å²) in [5.74, 6) is -0.159. The Balaban J connectivity index is 2.30. The Labute approximate surface area is 164 Å². The molecule has 1 amide bonds. The molecule has 26 heavy (non-hydrogen) atoms. The van der Waals surface area contributed by atoms with E-state index in [4.69, 9.17) is 11.5 Å². The average molecular weight is 411 g/mol. The van der Waals surface area contributed by atoms with Crippen LogP contribution in [0, 0.1) is 0 Å². The Morgan fingerprint density at radius 2 is 1.35 bits per heavy atom. The van der Waals surface area contributed by atoms with Gasteiger partial charge in [-0.1, -0.05) is 24.3 Å². The molecule has 3 atom stereocenters. The highest BCUT2D eigenvalue weighted by molar-refractivity contribution is 7.99. The van der Waals surface area contributed by atoms with Crippen molar-refractivity contribution in [3.8, 4) is 0 Å². The standard InChI is InChI=1S/C18H22N2O3S3/c1-25(22)14-7-3-12(4-8-14)17(24-11-16(19)18(20)21)13-5-9-15(10-6-13)26(2)23/h3-10,16-17H,11,19H2,1-2H3,(H2,20,21)/t16-,17?,25?,26?/m0/s1. The molecule has 0 radical (unpaired) electrons. The fraction of sp³-hybridized carbons (Fsp3) is 0.278. The van der Waals surface area contributed by atoms with Crippen molar-refractivity contribution in [2.24, 2.45) is 11.5 Å². The molecule has 0 spiro atoms. The molecule has 0 aliphatic heterocycles. The van der Waals surface area contributed by atoms with E-state index in [2.05, 4.69) is 0 Å². The summed E-state index contributed by atoms with van der Waals surface area (Å²) in [7, 11) is 0. The Morgan fingerprint density at radius 1 is 0.962 bits per heavy atom. The second kappa shape index (κ2) is 9.68. The molecule has 2 aromatic rings. The number of hydrogen-bond donors (Lipinski definition) is 2. The molecular formula is C18H22N2O3S3. The van der Waals surface area contributed by atoms with E-state index in [0.29, 0.717) is 5.75 Å². The van der Waals surface area contributed by atoms with Crippen molar-refractivity contribution >= 4 is 40.0 Å². The van der Waals surface area contributed by atoms with Crippen molar-refractivity contribution < 1.29 is 13.9 Å². The number of thioether (sulfide) groups is 1. The summed E-state index contributed by atoms with van der Waals surface area (Å²) in [4.78, 5) is 12.7. The predicted octanol–water partition coefficient (Wildman–Crippen LogP) is 1.80. The molecule has 2 rings (SSSR count). The summed E-state index contributed by atoms with van der Waals surface area (Å²) >= 11 is -0.570. The van der Waals surface area contributed by atoms with Gasteiger partial charge in [-0.2, -0.15) is 0 Å². The predicted molar refractivity (Wildman–Crippen MR) is 109 cm³/mol. The number of nitrogens with two attached hydrogens (primary N) is 2. The Hall–Kier alpha value is -1.16. The number of benzene rings is 2.